The molecule has 0 aliphatic carbocycles. The van der Waals surface area contributed by atoms with Gasteiger partial charge in [0.15, 0.2) is 0 Å². The van der Waals surface area contributed by atoms with Gasteiger partial charge in [-0.2, -0.15) is 0 Å². The molecule has 4 nitrogen and oxygen atoms in total. The number of hydrogen-bond acceptors (Lipinski definition) is 3. The number of nitrogens with zero attached hydrogens (tertiary/aromatic N) is 1. The van der Waals surface area contributed by atoms with E-state index >= 15 is 0 Å². The molecule has 2 unspecified atom stereocenters. The Balaban J connectivity index is 2.30. The molecule has 98 valence electrons. The molecule has 1 aliphatic rings. The van der Waals surface area contributed by atoms with Crippen LogP contribution in [-0.4, -0.2) is 36.2 Å². The van der Waals surface area contributed by atoms with E-state index in [0.29, 0.717) is 11.6 Å². The maximum atomic E-state index is 12.2. The Morgan fingerprint density at radius 1 is 1.56 bits per heavy atom. The third-order valence-corrected chi connectivity index (χ3v) is 3.56. The van der Waals surface area contributed by atoms with Crippen LogP contribution in [0.1, 0.15) is 12.5 Å². The average Bonchev–Trinajstić information content (AvgIpc) is 2.35. The van der Waals surface area contributed by atoms with Gasteiger partial charge >= 0.3 is 0 Å². The molecule has 1 fully saturated rings. The van der Waals surface area contributed by atoms with Crippen molar-refractivity contribution in [1.29, 1.82) is 0 Å². The van der Waals surface area contributed by atoms with Crippen molar-refractivity contribution >= 4 is 23.2 Å². The molecule has 1 heterocycles. The van der Waals surface area contributed by atoms with Crippen molar-refractivity contribution in [2.24, 2.45) is 0 Å². The van der Waals surface area contributed by atoms with E-state index in [-0.39, 0.29) is 18.6 Å². The van der Waals surface area contributed by atoms with Crippen LogP contribution < -0.4 is 10.2 Å². The standard InChI is InChI=1S/C13H17ClN2O2/c1-8-3-4-10(5-11(8)14)16-6-9(2)15-12(7-17)13(16)18/h3-5,9,12,15,17H,6-7H2,1-2H3. The quantitative estimate of drug-likeness (QED) is 0.851. The summed E-state index contributed by atoms with van der Waals surface area (Å²) in [6.07, 6.45) is 0. The third-order valence-electron chi connectivity index (χ3n) is 3.16. The molecular weight excluding hydrogens is 252 g/mol. The summed E-state index contributed by atoms with van der Waals surface area (Å²) in [7, 11) is 0. The van der Waals surface area contributed by atoms with E-state index in [1.807, 2.05) is 26.0 Å². The first kappa shape index (κ1) is 13.3. The van der Waals surface area contributed by atoms with Crippen molar-refractivity contribution in [2.45, 2.75) is 25.9 Å². The molecular formula is C13H17ClN2O2. The molecule has 18 heavy (non-hydrogen) atoms. The van der Waals surface area contributed by atoms with E-state index in [9.17, 15) is 9.90 Å². The summed E-state index contributed by atoms with van der Waals surface area (Å²) >= 11 is 6.08. The van der Waals surface area contributed by atoms with E-state index in [1.54, 1.807) is 11.0 Å². The summed E-state index contributed by atoms with van der Waals surface area (Å²) in [5.41, 5.74) is 1.76. The molecule has 2 N–H and O–H groups in total. The van der Waals surface area contributed by atoms with Gasteiger partial charge in [0.25, 0.3) is 0 Å². The zero-order chi connectivity index (χ0) is 13.3. The van der Waals surface area contributed by atoms with Gasteiger partial charge in [0.05, 0.1) is 6.61 Å². The van der Waals surface area contributed by atoms with E-state index in [4.69, 9.17) is 11.6 Å². The lowest BCUT2D eigenvalue weighted by Crippen LogP contribution is -2.60. The lowest BCUT2D eigenvalue weighted by Gasteiger charge is -2.36. The molecule has 0 aromatic heterocycles. The number of rotatable bonds is 2. The molecule has 5 heteroatoms. The highest BCUT2D eigenvalue weighted by molar-refractivity contribution is 6.31. The van der Waals surface area contributed by atoms with Crippen LogP contribution in [0.25, 0.3) is 0 Å². The van der Waals surface area contributed by atoms with Gasteiger partial charge in [-0.1, -0.05) is 17.7 Å². The van der Waals surface area contributed by atoms with Gasteiger partial charge in [0, 0.05) is 23.3 Å². The number of aliphatic hydroxyl groups is 1. The highest BCUT2D eigenvalue weighted by atomic mass is 35.5. The molecule has 2 atom stereocenters. The van der Waals surface area contributed by atoms with E-state index in [1.165, 1.54) is 0 Å². The first-order chi connectivity index (χ1) is 8.52. The molecule has 1 aromatic carbocycles. The molecule has 1 aliphatic heterocycles. The fraction of sp³-hybridized carbons (Fsp3) is 0.462. The minimum Gasteiger partial charge on any atom is -0.394 e. The minimum atomic E-state index is -0.533. The Hall–Kier alpha value is -1.10. The molecule has 0 saturated carbocycles. The Morgan fingerprint density at radius 2 is 2.28 bits per heavy atom. The number of halogens is 1. The first-order valence-electron chi connectivity index (χ1n) is 5.97. The number of anilines is 1. The van der Waals surface area contributed by atoms with Gasteiger partial charge in [-0.15, -0.1) is 0 Å². The molecule has 2 rings (SSSR count). The fourth-order valence-corrected chi connectivity index (χ4v) is 2.31. The summed E-state index contributed by atoms with van der Waals surface area (Å²) in [6.45, 7) is 4.29. The summed E-state index contributed by atoms with van der Waals surface area (Å²) < 4.78 is 0. The average molecular weight is 269 g/mol. The normalized spacial score (nSPS) is 24.4. The number of benzene rings is 1. The summed E-state index contributed by atoms with van der Waals surface area (Å²) in [5, 5.41) is 12.9. The number of carbonyl (C=O) groups is 1. The Bertz CT molecular complexity index is 464. The summed E-state index contributed by atoms with van der Waals surface area (Å²) in [6, 6.07) is 5.17. The third kappa shape index (κ3) is 2.51. The van der Waals surface area contributed by atoms with Crippen molar-refractivity contribution in [3.63, 3.8) is 0 Å². The van der Waals surface area contributed by atoms with Gasteiger partial charge < -0.3 is 10.0 Å². The second-order valence-electron chi connectivity index (χ2n) is 4.69. The Morgan fingerprint density at radius 3 is 2.89 bits per heavy atom. The highest BCUT2D eigenvalue weighted by Crippen LogP contribution is 2.25. The number of amides is 1. The van der Waals surface area contributed by atoms with E-state index < -0.39 is 6.04 Å². The van der Waals surface area contributed by atoms with Gasteiger partial charge in [0.2, 0.25) is 5.91 Å². The summed E-state index contributed by atoms with van der Waals surface area (Å²) in [5.74, 6) is -0.115. The number of nitrogens with one attached hydrogen (secondary N) is 1. The lowest BCUT2D eigenvalue weighted by molar-refractivity contribution is -0.123. The first-order valence-corrected chi connectivity index (χ1v) is 6.35. The molecule has 1 amide bonds. The predicted octanol–water partition coefficient (Wildman–Crippen LogP) is 1.33. The Kier molecular flexibility index (Phi) is 3.90. The maximum absolute atomic E-state index is 12.2. The predicted molar refractivity (Wildman–Crippen MR) is 72.0 cm³/mol. The van der Waals surface area contributed by atoms with Crippen molar-refractivity contribution in [2.75, 3.05) is 18.1 Å². The zero-order valence-corrected chi connectivity index (χ0v) is 11.2. The van der Waals surface area contributed by atoms with Crippen LogP contribution in [0.3, 0.4) is 0 Å². The number of carbonyl (C=O) groups excluding carboxylic acids is 1. The van der Waals surface area contributed by atoms with Crippen molar-refractivity contribution < 1.29 is 9.90 Å². The molecule has 0 radical (unpaired) electrons. The van der Waals surface area contributed by atoms with Crippen molar-refractivity contribution in [1.82, 2.24) is 5.32 Å². The molecule has 0 spiro atoms. The van der Waals surface area contributed by atoms with Crippen LogP contribution >= 0.6 is 11.6 Å². The van der Waals surface area contributed by atoms with Crippen molar-refractivity contribution in [3.05, 3.63) is 28.8 Å². The van der Waals surface area contributed by atoms with E-state index in [2.05, 4.69) is 5.32 Å². The lowest BCUT2D eigenvalue weighted by atomic mass is 10.1. The van der Waals surface area contributed by atoms with E-state index in [0.717, 1.165) is 11.3 Å². The minimum absolute atomic E-state index is 0.115. The molecule has 0 bridgehead atoms. The number of piperazine rings is 1. The highest BCUT2D eigenvalue weighted by Gasteiger charge is 2.32. The van der Waals surface area contributed by atoms with Crippen LogP contribution in [-0.2, 0) is 4.79 Å². The second kappa shape index (κ2) is 5.26. The smallest absolute Gasteiger partial charge is 0.246 e. The van der Waals surface area contributed by atoms with Crippen LogP contribution in [0.15, 0.2) is 18.2 Å². The molecule has 1 saturated heterocycles. The fourth-order valence-electron chi connectivity index (χ4n) is 2.13. The topological polar surface area (TPSA) is 52.6 Å². The largest absolute Gasteiger partial charge is 0.394 e. The SMILES string of the molecule is Cc1ccc(N2CC(C)NC(CO)C2=O)cc1Cl. The Labute approximate surface area is 112 Å². The maximum Gasteiger partial charge on any atom is 0.246 e. The number of hydrogen-bond donors (Lipinski definition) is 2. The second-order valence-corrected chi connectivity index (χ2v) is 5.09. The monoisotopic (exact) mass is 268 g/mol. The number of aryl methyl sites for hydroxylation is 1. The zero-order valence-electron chi connectivity index (χ0n) is 10.5. The van der Waals surface area contributed by atoms with Gasteiger partial charge in [0.1, 0.15) is 6.04 Å². The number of aliphatic hydroxyl groups excluding tert-OH is 1. The van der Waals surface area contributed by atoms with Crippen LogP contribution in [0, 0.1) is 6.92 Å². The molecule has 1 aromatic rings. The van der Waals surface area contributed by atoms with Crippen LogP contribution in [0.2, 0.25) is 5.02 Å². The van der Waals surface area contributed by atoms with Gasteiger partial charge in [-0.05, 0) is 31.5 Å². The van der Waals surface area contributed by atoms with Gasteiger partial charge in [-0.3, -0.25) is 10.1 Å². The van der Waals surface area contributed by atoms with Gasteiger partial charge in [-0.25, -0.2) is 0 Å². The van der Waals surface area contributed by atoms with Crippen molar-refractivity contribution in [3.8, 4) is 0 Å². The van der Waals surface area contributed by atoms with Crippen LogP contribution in [0.5, 0.6) is 0 Å². The van der Waals surface area contributed by atoms with Crippen LogP contribution in [0.4, 0.5) is 5.69 Å². The summed E-state index contributed by atoms with van der Waals surface area (Å²) in [4.78, 5) is 13.8.